The van der Waals surface area contributed by atoms with Crippen LogP contribution in [-0.2, 0) is 11.3 Å². The minimum absolute atomic E-state index is 0.0777. The molecule has 0 aliphatic carbocycles. The number of alkyl halides is 2. The zero-order valence-corrected chi connectivity index (χ0v) is 23.3. The first-order chi connectivity index (χ1) is 20.1. The standard InChI is InChI=1S/C27H27F2N9O3S/c1-14-6-19(24(40)33-12-17-7-15-9-31-21(30)8-20(15)42-17)38-22(14)32-13-18(25(38)41)36-23(39)16-10-34-26(35-11-16)37-4-2-27(28,29)3-5-37/h7-11,13-14,19H,2-6,12H2,1H3,(H2,30,31)(H,33,40)(H,36,39)/t14-,19+/m1/s1. The number of aromatic nitrogens is 5. The van der Waals surface area contributed by atoms with Gasteiger partial charge in [-0.15, -0.1) is 11.3 Å². The van der Waals surface area contributed by atoms with Gasteiger partial charge in [0.1, 0.15) is 23.4 Å². The Bertz CT molecular complexity index is 1730. The van der Waals surface area contributed by atoms with Gasteiger partial charge in [-0.3, -0.25) is 19.0 Å². The van der Waals surface area contributed by atoms with Crippen molar-refractivity contribution in [1.82, 2.24) is 29.8 Å². The van der Waals surface area contributed by atoms with Crippen molar-refractivity contribution >= 4 is 50.7 Å². The van der Waals surface area contributed by atoms with Crippen molar-refractivity contribution in [2.24, 2.45) is 0 Å². The molecule has 4 N–H and O–H groups in total. The number of nitrogen functional groups attached to an aromatic ring is 1. The number of hydrogen-bond donors (Lipinski definition) is 3. The summed E-state index contributed by atoms with van der Waals surface area (Å²) in [6.45, 7) is 2.38. The monoisotopic (exact) mass is 595 g/mol. The zero-order valence-electron chi connectivity index (χ0n) is 22.5. The smallest absolute Gasteiger partial charge is 0.278 e. The maximum absolute atomic E-state index is 13.5. The predicted molar refractivity (Wildman–Crippen MR) is 153 cm³/mol. The third kappa shape index (κ3) is 5.38. The third-order valence-electron chi connectivity index (χ3n) is 7.49. The van der Waals surface area contributed by atoms with Crippen LogP contribution >= 0.6 is 11.3 Å². The Morgan fingerprint density at radius 1 is 1.10 bits per heavy atom. The number of fused-ring (bicyclic) bond motifs is 2. The van der Waals surface area contributed by atoms with E-state index >= 15 is 0 Å². The van der Waals surface area contributed by atoms with E-state index in [1.54, 1.807) is 17.2 Å². The molecule has 0 radical (unpaired) electrons. The second-order valence-corrected chi connectivity index (χ2v) is 11.7. The van der Waals surface area contributed by atoms with E-state index in [4.69, 9.17) is 5.73 Å². The van der Waals surface area contributed by atoms with Crippen LogP contribution in [0.4, 0.5) is 26.2 Å². The van der Waals surface area contributed by atoms with E-state index in [1.165, 1.54) is 34.5 Å². The van der Waals surface area contributed by atoms with Crippen molar-refractivity contribution in [2.45, 2.75) is 50.6 Å². The largest absolute Gasteiger partial charge is 0.384 e. The maximum Gasteiger partial charge on any atom is 0.278 e. The van der Waals surface area contributed by atoms with Crippen molar-refractivity contribution in [2.75, 3.05) is 29.0 Å². The van der Waals surface area contributed by atoms with E-state index in [-0.39, 0.29) is 61.5 Å². The minimum Gasteiger partial charge on any atom is -0.384 e. The Hall–Kier alpha value is -4.53. The van der Waals surface area contributed by atoms with Crippen LogP contribution in [0, 0.1) is 0 Å². The Morgan fingerprint density at radius 3 is 2.57 bits per heavy atom. The molecule has 0 aromatic carbocycles. The van der Waals surface area contributed by atoms with Crippen LogP contribution in [0.1, 0.15) is 59.2 Å². The quantitative estimate of drug-likeness (QED) is 0.304. The van der Waals surface area contributed by atoms with Gasteiger partial charge in [0.2, 0.25) is 11.9 Å². The lowest BCUT2D eigenvalue weighted by Gasteiger charge is -2.31. The van der Waals surface area contributed by atoms with Crippen LogP contribution in [0.25, 0.3) is 10.1 Å². The summed E-state index contributed by atoms with van der Waals surface area (Å²) >= 11 is 1.50. The number of piperidine rings is 1. The van der Waals surface area contributed by atoms with Crippen LogP contribution in [0.5, 0.6) is 0 Å². The number of halogens is 2. The van der Waals surface area contributed by atoms with Crippen molar-refractivity contribution in [3.05, 3.63) is 63.5 Å². The van der Waals surface area contributed by atoms with Gasteiger partial charge in [0.15, 0.2) is 0 Å². The molecule has 0 saturated carbocycles. The summed E-state index contributed by atoms with van der Waals surface area (Å²) in [5, 5.41) is 6.38. The molecule has 42 heavy (non-hydrogen) atoms. The van der Waals surface area contributed by atoms with Crippen molar-refractivity contribution < 1.29 is 18.4 Å². The molecule has 2 amide bonds. The number of carbonyl (C=O) groups excluding carboxylic acids is 2. The molecule has 15 heteroatoms. The van der Waals surface area contributed by atoms with E-state index in [2.05, 4.69) is 30.6 Å². The van der Waals surface area contributed by atoms with Gasteiger partial charge < -0.3 is 21.3 Å². The molecule has 1 saturated heterocycles. The van der Waals surface area contributed by atoms with Gasteiger partial charge >= 0.3 is 0 Å². The number of thiophene rings is 1. The second kappa shape index (κ2) is 10.7. The fraction of sp³-hybridized carbons (Fsp3) is 0.370. The van der Waals surface area contributed by atoms with Gasteiger partial charge in [-0.25, -0.2) is 28.7 Å². The number of nitrogens with two attached hydrogens (primary N) is 1. The number of hydrogen-bond acceptors (Lipinski definition) is 10. The van der Waals surface area contributed by atoms with Gasteiger partial charge in [-0.1, -0.05) is 6.92 Å². The predicted octanol–water partition coefficient (Wildman–Crippen LogP) is 3.08. The SMILES string of the molecule is C[C@@H]1C[C@@H](C(=O)NCc2cc3cnc(N)cc3s2)n2c1ncc(NC(=O)c1cnc(N3CCC(F)(F)CC3)nc1)c2=O. The van der Waals surface area contributed by atoms with Crippen molar-refractivity contribution in [3.63, 3.8) is 0 Å². The molecule has 218 valence electrons. The number of pyridine rings is 1. The van der Waals surface area contributed by atoms with Gasteiger partial charge in [0, 0.05) is 65.4 Å². The minimum atomic E-state index is -2.70. The highest BCUT2D eigenvalue weighted by molar-refractivity contribution is 7.19. The molecule has 2 atom stereocenters. The number of rotatable bonds is 6. The van der Waals surface area contributed by atoms with Crippen LogP contribution in [0.3, 0.4) is 0 Å². The van der Waals surface area contributed by atoms with Crippen molar-refractivity contribution in [3.8, 4) is 0 Å². The fourth-order valence-corrected chi connectivity index (χ4v) is 6.24. The van der Waals surface area contributed by atoms with E-state index in [1.807, 2.05) is 13.0 Å². The molecule has 12 nitrogen and oxygen atoms in total. The van der Waals surface area contributed by atoms with E-state index in [9.17, 15) is 23.2 Å². The second-order valence-electron chi connectivity index (χ2n) is 10.5. The number of amides is 2. The summed E-state index contributed by atoms with van der Waals surface area (Å²) in [4.78, 5) is 58.9. The van der Waals surface area contributed by atoms with Crippen LogP contribution < -0.4 is 26.8 Å². The molecule has 2 aliphatic heterocycles. The van der Waals surface area contributed by atoms with Crippen LogP contribution in [-0.4, -0.2) is 55.3 Å². The lowest BCUT2D eigenvalue weighted by Crippen LogP contribution is -2.40. The van der Waals surface area contributed by atoms with Gasteiger partial charge in [0.25, 0.3) is 17.4 Å². The summed E-state index contributed by atoms with van der Waals surface area (Å²) in [6.07, 6.45) is 5.33. The summed E-state index contributed by atoms with van der Waals surface area (Å²) in [5.74, 6) is -2.68. The molecule has 0 spiro atoms. The summed E-state index contributed by atoms with van der Waals surface area (Å²) in [6, 6.07) is 2.92. The van der Waals surface area contributed by atoms with Crippen LogP contribution in [0.2, 0.25) is 0 Å². The normalized spacial score (nSPS) is 19.5. The molecule has 6 rings (SSSR count). The summed E-state index contributed by atoms with van der Waals surface area (Å²) < 4.78 is 29.2. The molecule has 0 bridgehead atoms. The Morgan fingerprint density at radius 2 is 1.83 bits per heavy atom. The maximum atomic E-state index is 13.5. The van der Waals surface area contributed by atoms with Gasteiger partial charge in [-0.05, 0) is 18.6 Å². The highest BCUT2D eigenvalue weighted by Crippen LogP contribution is 2.34. The highest BCUT2D eigenvalue weighted by atomic mass is 32.1. The Labute approximate surface area is 242 Å². The third-order valence-corrected chi connectivity index (χ3v) is 8.59. The topological polar surface area (TPSA) is 161 Å². The van der Waals surface area contributed by atoms with E-state index in [0.717, 1.165) is 15.0 Å². The summed E-state index contributed by atoms with van der Waals surface area (Å²) in [5.41, 5.74) is 5.20. The number of carbonyl (C=O) groups is 2. The average molecular weight is 596 g/mol. The first-order valence-electron chi connectivity index (χ1n) is 13.4. The molecule has 6 heterocycles. The first-order valence-corrected chi connectivity index (χ1v) is 14.2. The Balaban J connectivity index is 1.14. The molecule has 4 aromatic heterocycles. The number of nitrogens with zero attached hydrogens (tertiary/aromatic N) is 6. The number of anilines is 3. The van der Waals surface area contributed by atoms with Gasteiger partial charge in [0.05, 0.1) is 18.3 Å². The molecular formula is C27H27F2N9O3S. The average Bonchev–Trinajstić information content (AvgIpc) is 3.53. The fourth-order valence-electron chi connectivity index (χ4n) is 5.22. The molecule has 0 unspecified atom stereocenters. The summed E-state index contributed by atoms with van der Waals surface area (Å²) in [7, 11) is 0. The Kier molecular flexibility index (Phi) is 7.04. The van der Waals surface area contributed by atoms with Crippen LogP contribution in [0.15, 0.2) is 41.7 Å². The zero-order chi connectivity index (χ0) is 29.6. The lowest BCUT2D eigenvalue weighted by molar-refractivity contribution is -0.124. The van der Waals surface area contributed by atoms with E-state index in [0.29, 0.717) is 18.1 Å². The number of nitrogens with one attached hydrogen (secondary N) is 2. The van der Waals surface area contributed by atoms with E-state index < -0.39 is 23.4 Å². The lowest BCUT2D eigenvalue weighted by atomic mass is 10.1. The molecule has 2 aliphatic rings. The first kappa shape index (κ1) is 27.6. The highest BCUT2D eigenvalue weighted by Gasteiger charge is 2.36. The van der Waals surface area contributed by atoms with Crippen molar-refractivity contribution in [1.29, 1.82) is 0 Å². The molecule has 1 fully saturated rings. The van der Waals surface area contributed by atoms with Gasteiger partial charge in [-0.2, -0.15) is 0 Å². The molecule has 4 aromatic rings. The molecular weight excluding hydrogens is 568 g/mol.